The zero-order valence-corrected chi connectivity index (χ0v) is 9.99. The molecule has 0 aliphatic rings. The summed E-state index contributed by atoms with van der Waals surface area (Å²) in [5, 5.41) is 9.17. The van der Waals surface area contributed by atoms with Crippen LogP contribution in [-0.2, 0) is 4.79 Å². The van der Waals surface area contributed by atoms with E-state index >= 15 is 0 Å². The van der Waals surface area contributed by atoms with Crippen LogP contribution in [0.5, 0.6) is 0 Å². The number of rotatable bonds is 4. The van der Waals surface area contributed by atoms with E-state index in [2.05, 4.69) is 20.8 Å². The normalized spacial score (nSPS) is 13.0. The highest BCUT2D eigenvalue weighted by Crippen LogP contribution is 2.41. The molecule has 0 aliphatic carbocycles. The number of carbonyl (C=O) groups is 1. The van der Waals surface area contributed by atoms with Gasteiger partial charge in [-0.25, -0.2) is 0 Å². The van der Waals surface area contributed by atoms with Crippen LogP contribution in [-0.4, -0.2) is 20.6 Å². The molecule has 0 bridgehead atoms. The van der Waals surface area contributed by atoms with E-state index in [0.717, 1.165) is 0 Å². The number of hydrogen-bond acceptors (Lipinski definition) is 2. The third-order valence-electron chi connectivity index (χ3n) is 2.03. The second kappa shape index (κ2) is 4.36. The highest BCUT2D eigenvalue weighted by molar-refractivity contribution is 8.02. The van der Waals surface area contributed by atoms with Crippen molar-refractivity contribution in [2.75, 3.05) is 0 Å². The number of carboxylic acid groups (broad SMARTS) is 1. The molecule has 0 radical (unpaired) electrons. The van der Waals surface area contributed by atoms with Gasteiger partial charge in [-0.3, -0.25) is 4.79 Å². The van der Waals surface area contributed by atoms with Gasteiger partial charge in [-0.2, -0.15) is 0 Å². The molecule has 0 atom stereocenters. The van der Waals surface area contributed by atoms with E-state index in [1.54, 1.807) is 11.8 Å². The largest absolute Gasteiger partial charge is 0.480 e. The van der Waals surface area contributed by atoms with E-state index in [0.29, 0.717) is 12.8 Å². The second-order valence-electron chi connectivity index (χ2n) is 4.22. The lowest BCUT2D eigenvalue weighted by molar-refractivity contribution is -0.140. The summed E-state index contributed by atoms with van der Waals surface area (Å²) in [6.07, 6.45) is 1.36. The summed E-state index contributed by atoms with van der Waals surface area (Å²) in [4.78, 5) is 11.1. The van der Waals surface area contributed by atoms with Gasteiger partial charge in [0.05, 0.1) is 0 Å². The Labute approximate surface area is 85.1 Å². The molecule has 0 heterocycles. The van der Waals surface area contributed by atoms with Crippen LogP contribution in [0.1, 0.15) is 47.5 Å². The van der Waals surface area contributed by atoms with Crippen LogP contribution in [0.3, 0.4) is 0 Å². The fraction of sp³-hybridized carbons (Fsp3) is 0.900. The molecule has 0 saturated heterocycles. The number of aliphatic carboxylic acids is 1. The summed E-state index contributed by atoms with van der Waals surface area (Å²) in [6, 6.07) is 0. The molecule has 0 unspecified atom stereocenters. The molecule has 13 heavy (non-hydrogen) atoms. The van der Waals surface area contributed by atoms with Crippen molar-refractivity contribution in [3.05, 3.63) is 0 Å². The summed E-state index contributed by atoms with van der Waals surface area (Å²) >= 11 is 1.56. The first kappa shape index (κ1) is 12.8. The van der Waals surface area contributed by atoms with Crippen LogP contribution in [0, 0.1) is 0 Å². The van der Waals surface area contributed by atoms with Crippen molar-refractivity contribution >= 4 is 17.7 Å². The Morgan fingerprint density at radius 1 is 1.23 bits per heavy atom. The Morgan fingerprint density at radius 2 is 1.62 bits per heavy atom. The first-order valence-corrected chi connectivity index (χ1v) is 5.52. The first-order chi connectivity index (χ1) is 5.77. The third kappa shape index (κ3) is 3.59. The standard InChI is InChI=1S/C10H20O2S/c1-6-10(7-2,8(11)12)13-9(3,4)5/h6-7H2,1-5H3,(H,11,12). The van der Waals surface area contributed by atoms with Crippen molar-refractivity contribution in [2.45, 2.75) is 57.0 Å². The number of carboxylic acids is 1. The fourth-order valence-corrected chi connectivity index (χ4v) is 2.87. The summed E-state index contributed by atoms with van der Waals surface area (Å²) in [5.41, 5.74) is 0. The van der Waals surface area contributed by atoms with Crippen molar-refractivity contribution in [3.8, 4) is 0 Å². The Hall–Kier alpha value is -0.180. The molecule has 0 amide bonds. The monoisotopic (exact) mass is 204 g/mol. The minimum absolute atomic E-state index is 0.00438. The molecule has 0 rings (SSSR count). The summed E-state index contributed by atoms with van der Waals surface area (Å²) in [6.45, 7) is 10.1. The van der Waals surface area contributed by atoms with Gasteiger partial charge in [0.2, 0.25) is 0 Å². The molecule has 3 heteroatoms. The Morgan fingerprint density at radius 3 is 1.69 bits per heavy atom. The van der Waals surface area contributed by atoms with E-state index in [4.69, 9.17) is 5.11 Å². The van der Waals surface area contributed by atoms with Crippen molar-refractivity contribution < 1.29 is 9.90 Å². The molecule has 1 N–H and O–H groups in total. The minimum Gasteiger partial charge on any atom is -0.480 e. The Balaban J connectivity index is 4.69. The predicted octanol–water partition coefficient (Wildman–Crippen LogP) is 3.16. The number of thioether (sulfide) groups is 1. The summed E-state index contributed by atoms with van der Waals surface area (Å²) in [7, 11) is 0. The van der Waals surface area contributed by atoms with Crippen LogP contribution in [0.25, 0.3) is 0 Å². The lowest BCUT2D eigenvalue weighted by atomic mass is 10.0. The van der Waals surface area contributed by atoms with E-state index in [-0.39, 0.29) is 4.75 Å². The van der Waals surface area contributed by atoms with Gasteiger partial charge in [-0.15, -0.1) is 11.8 Å². The minimum atomic E-state index is -0.683. The smallest absolute Gasteiger partial charge is 0.319 e. The molecular weight excluding hydrogens is 184 g/mol. The fourth-order valence-electron chi connectivity index (χ4n) is 1.33. The second-order valence-corrected chi connectivity index (χ2v) is 6.43. The van der Waals surface area contributed by atoms with Crippen LogP contribution in [0.2, 0.25) is 0 Å². The van der Waals surface area contributed by atoms with Crippen LogP contribution < -0.4 is 0 Å². The topological polar surface area (TPSA) is 37.3 Å². The average Bonchev–Trinajstić information content (AvgIpc) is 1.98. The van der Waals surface area contributed by atoms with E-state index < -0.39 is 10.7 Å². The predicted molar refractivity (Wildman–Crippen MR) is 58.3 cm³/mol. The van der Waals surface area contributed by atoms with Gasteiger partial charge in [0, 0.05) is 4.75 Å². The summed E-state index contributed by atoms with van der Waals surface area (Å²) < 4.78 is -0.595. The molecule has 0 aromatic heterocycles. The van der Waals surface area contributed by atoms with Crippen LogP contribution in [0.15, 0.2) is 0 Å². The maximum atomic E-state index is 11.1. The maximum Gasteiger partial charge on any atom is 0.319 e. The Bertz CT molecular complexity index is 178. The quantitative estimate of drug-likeness (QED) is 0.764. The lowest BCUT2D eigenvalue weighted by Gasteiger charge is -2.33. The third-order valence-corrected chi connectivity index (χ3v) is 3.79. The van der Waals surface area contributed by atoms with Gasteiger partial charge < -0.3 is 5.11 Å². The van der Waals surface area contributed by atoms with Gasteiger partial charge in [0.1, 0.15) is 4.75 Å². The average molecular weight is 204 g/mol. The molecular formula is C10H20O2S. The van der Waals surface area contributed by atoms with E-state index in [1.165, 1.54) is 0 Å². The SMILES string of the molecule is CCC(CC)(SC(C)(C)C)C(=O)O. The zero-order valence-electron chi connectivity index (χ0n) is 9.18. The van der Waals surface area contributed by atoms with Gasteiger partial charge >= 0.3 is 5.97 Å². The van der Waals surface area contributed by atoms with Crippen LogP contribution >= 0.6 is 11.8 Å². The summed E-state index contributed by atoms with van der Waals surface area (Å²) in [5.74, 6) is -0.683. The highest BCUT2D eigenvalue weighted by Gasteiger charge is 2.39. The van der Waals surface area contributed by atoms with Gasteiger partial charge in [0.15, 0.2) is 0 Å². The van der Waals surface area contributed by atoms with Gasteiger partial charge in [-0.05, 0) is 12.8 Å². The molecule has 78 valence electrons. The van der Waals surface area contributed by atoms with Gasteiger partial charge in [-0.1, -0.05) is 34.6 Å². The van der Waals surface area contributed by atoms with Crippen molar-refractivity contribution in [1.82, 2.24) is 0 Å². The zero-order chi connectivity index (χ0) is 10.7. The highest BCUT2D eigenvalue weighted by atomic mass is 32.2. The lowest BCUT2D eigenvalue weighted by Crippen LogP contribution is -2.37. The first-order valence-electron chi connectivity index (χ1n) is 4.71. The number of hydrogen-bond donors (Lipinski definition) is 1. The van der Waals surface area contributed by atoms with Gasteiger partial charge in [0.25, 0.3) is 0 Å². The molecule has 2 nitrogen and oxygen atoms in total. The maximum absolute atomic E-state index is 11.1. The van der Waals surface area contributed by atoms with Crippen LogP contribution in [0.4, 0.5) is 0 Å². The molecule has 0 spiro atoms. The van der Waals surface area contributed by atoms with E-state index in [9.17, 15) is 4.79 Å². The van der Waals surface area contributed by atoms with Crippen molar-refractivity contribution in [2.24, 2.45) is 0 Å². The van der Waals surface area contributed by atoms with Crippen molar-refractivity contribution in [3.63, 3.8) is 0 Å². The van der Waals surface area contributed by atoms with E-state index in [1.807, 2.05) is 13.8 Å². The molecule has 0 aliphatic heterocycles. The van der Waals surface area contributed by atoms with Crippen molar-refractivity contribution in [1.29, 1.82) is 0 Å². The molecule has 0 aromatic carbocycles. The molecule has 0 saturated carbocycles. The molecule has 0 fully saturated rings. The molecule has 0 aromatic rings. The Kier molecular flexibility index (Phi) is 4.30.